The van der Waals surface area contributed by atoms with Crippen LogP contribution in [0.2, 0.25) is 0 Å². The number of carbonyl (C=O) groups is 4. The molecule has 1 aliphatic carbocycles. The van der Waals surface area contributed by atoms with E-state index in [9.17, 15) is 19.2 Å². The van der Waals surface area contributed by atoms with Crippen LogP contribution in [0.1, 0.15) is 87.8 Å². The van der Waals surface area contributed by atoms with Gasteiger partial charge in [-0.3, -0.25) is 19.4 Å². The minimum absolute atomic E-state index is 0. The molecule has 1 saturated heterocycles. The zero-order valence-electron chi connectivity index (χ0n) is 34.0. The number of methoxy groups -OCH3 is 1. The van der Waals surface area contributed by atoms with Gasteiger partial charge in [-0.25, -0.2) is 4.79 Å². The summed E-state index contributed by atoms with van der Waals surface area (Å²) in [6, 6.07) is 6.34. The number of alkyl carbamates (subject to hydrolysis) is 1. The maximum atomic E-state index is 14.2. The molecule has 15 nitrogen and oxygen atoms in total. The van der Waals surface area contributed by atoms with Crippen molar-refractivity contribution in [1.29, 1.82) is 0 Å². The molecule has 4 rings (SSSR count). The first-order valence-corrected chi connectivity index (χ1v) is 18.0. The second-order valence-corrected chi connectivity index (χ2v) is 16.0. The highest BCUT2D eigenvalue weighted by molar-refractivity contribution is 5.98. The van der Waals surface area contributed by atoms with E-state index >= 15 is 0 Å². The van der Waals surface area contributed by atoms with Crippen LogP contribution in [-0.2, 0) is 19.1 Å². The van der Waals surface area contributed by atoms with Gasteiger partial charge in [0.1, 0.15) is 40.8 Å². The van der Waals surface area contributed by atoms with Gasteiger partial charge in [-0.2, -0.15) is 0 Å². The Morgan fingerprint density at radius 3 is 2.15 bits per heavy atom. The molecular weight excluding hydrogens is 696 g/mol. The zero-order valence-corrected chi connectivity index (χ0v) is 34.0. The first-order chi connectivity index (χ1) is 24.6. The van der Waals surface area contributed by atoms with Gasteiger partial charge in [0.2, 0.25) is 17.7 Å². The Kier molecular flexibility index (Phi) is 17.4. The lowest BCUT2D eigenvalue weighted by atomic mass is 9.85. The summed E-state index contributed by atoms with van der Waals surface area (Å²) in [7, 11) is 2.57. The number of amides is 4. The van der Waals surface area contributed by atoms with E-state index in [4.69, 9.17) is 25.1 Å². The number of benzene rings is 1. The van der Waals surface area contributed by atoms with Crippen molar-refractivity contribution in [2.45, 2.75) is 123 Å². The number of carbonyl (C=O) groups excluding carboxylic acids is 4. The molecule has 2 aliphatic rings. The number of hydrogen-bond donors (Lipinski definition) is 5. The second-order valence-electron chi connectivity index (χ2n) is 16.0. The monoisotopic (exact) mass is 769 g/mol. The zero-order chi connectivity index (χ0) is 40.5. The van der Waals surface area contributed by atoms with E-state index in [0.717, 1.165) is 12.5 Å². The van der Waals surface area contributed by atoms with Gasteiger partial charge < -0.3 is 51.4 Å². The first-order valence-electron chi connectivity index (χ1n) is 18.0. The Morgan fingerprint density at radius 2 is 1.69 bits per heavy atom. The number of aliphatic hydroxyl groups is 1. The lowest BCUT2D eigenvalue weighted by Crippen LogP contribution is -2.59. The third kappa shape index (κ3) is 12.8. The fourth-order valence-corrected chi connectivity index (χ4v) is 6.16. The molecule has 54 heavy (non-hydrogen) atoms. The van der Waals surface area contributed by atoms with Crippen LogP contribution in [0.25, 0.3) is 10.9 Å². The Bertz CT molecular complexity index is 1600. The summed E-state index contributed by atoms with van der Waals surface area (Å²) in [6.45, 7) is 23.0. The van der Waals surface area contributed by atoms with Gasteiger partial charge in [0.05, 0.1) is 19.2 Å². The van der Waals surface area contributed by atoms with Crippen molar-refractivity contribution < 1.29 is 49.7 Å². The molecule has 1 saturated carbocycles. The molecule has 1 aromatic carbocycles. The van der Waals surface area contributed by atoms with Crippen molar-refractivity contribution in [2.75, 3.05) is 20.8 Å². The predicted octanol–water partition coefficient (Wildman–Crippen LogP) is 4.24. The molecule has 312 valence electrons. The highest BCUT2D eigenvalue weighted by atomic mass is 16.6. The van der Waals surface area contributed by atoms with Gasteiger partial charge in [-0.1, -0.05) is 54.5 Å². The average molecular weight is 769 g/mol. The first kappa shape index (κ1) is 47.6. The van der Waals surface area contributed by atoms with E-state index in [1.807, 2.05) is 26.8 Å². The Balaban J connectivity index is -0.000000943. The summed E-state index contributed by atoms with van der Waals surface area (Å²) in [4.78, 5) is 59.0. The number of fused-ring (bicyclic) bond motifs is 1. The SMILES string of the molecule is C=C[C@@H]1C[C@]1(NC(=O)[C@@H]1C[C@@H](Oc2ccnc3cc(OC)ccc23)CN1C(=O)[C@@H](NC(=O)OC(C)(C)C)C(C)(C)C)C(N)=O.CC(C)NC(C)C.CO.O.[HH].[HH].[HH].[HH]. The molecule has 2 fully saturated rings. The summed E-state index contributed by atoms with van der Waals surface area (Å²) < 4.78 is 17.1. The Morgan fingerprint density at radius 1 is 1.07 bits per heavy atom. The molecule has 15 heteroatoms. The summed E-state index contributed by atoms with van der Waals surface area (Å²) in [5, 5.41) is 16.6. The molecule has 8 N–H and O–H groups in total. The fraction of sp³-hybridized carbons (Fsp3) is 0.615. The number of nitrogens with two attached hydrogens (primary N) is 1. The molecule has 1 aliphatic heterocycles. The van der Waals surface area contributed by atoms with Gasteiger partial charge in [0.15, 0.2) is 0 Å². The third-order valence-corrected chi connectivity index (χ3v) is 8.58. The maximum Gasteiger partial charge on any atom is 0.408 e. The van der Waals surface area contributed by atoms with Crippen LogP contribution in [0.5, 0.6) is 11.5 Å². The summed E-state index contributed by atoms with van der Waals surface area (Å²) in [5.41, 5.74) is 3.54. The normalized spacial score (nSPS) is 20.9. The van der Waals surface area contributed by atoms with Crippen molar-refractivity contribution >= 4 is 34.7 Å². The van der Waals surface area contributed by atoms with Crippen LogP contribution in [0.3, 0.4) is 0 Å². The van der Waals surface area contributed by atoms with Gasteiger partial charge in [0.25, 0.3) is 0 Å². The van der Waals surface area contributed by atoms with Crippen LogP contribution in [0.4, 0.5) is 4.79 Å². The standard InChI is InChI=1S/C32H43N5O7.C6H15N.CH4O.H2O.4H2/c1-9-18-16-32(18,28(33)40)36-26(38)23-15-20(43-24-12-13-34-22-14-19(42-8)10-11-21(22)24)17-37(23)27(39)25(30(2,3)4)35-29(41)44-31(5,6)7;1-5(2)7-6(3)4;1-2;;;;;/h9-14,18,20,23,25H,1,15-17H2,2-8H3,(H2,33,40)(H,35,41)(H,36,38);5-7H,1-4H3;2H,1H3;1H2;4*1H/t18-,20-,23+,25-,32-;;;;;;;/m1......./s1. The van der Waals surface area contributed by atoms with Gasteiger partial charge in [-0.15, -0.1) is 6.58 Å². The van der Waals surface area contributed by atoms with Crippen molar-refractivity contribution in [3.05, 3.63) is 43.1 Å². The van der Waals surface area contributed by atoms with Crippen molar-refractivity contribution in [3.8, 4) is 11.5 Å². The van der Waals surface area contributed by atoms with Gasteiger partial charge >= 0.3 is 6.09 Å². The Hall–Kier alpha value is -4.47. The van der Waals surface area contributed by atoms with Gasteiger partial charge in [0, 0.05) is 54.9 Å². The number of pyridine rings is 1. The smallest absolute Gasteiger partial charge is 0.408 e. The molecule has 0 spiro atoms. The predicted molar refractivity (Wildman–Crippen MR) is 217 cm³/mol. The van der Waals surface area contributed by atoms with Crippen LogP contribution in [-0.4, -0.2) is 106 Å². The topological polar surface area (TPSA) is 226 Å². The van der Waals surface area contributed by atoms with E-state index in [0.29, 0.717) is 35.5 Å². The van der Waals surface area contributed by atoms with Crippen LogP contribution in [0.15, 0.2) is 43.1 Å². The summed E-state index contributed by atoms with van der Waals surface area (Å²) in [5.74, 6) is -0.832. The van der Waals surface area contributed by atoms with Crippen molar-refractivity contribution in [1.82, 2.24) is 25.8 Å². The number of likely N-dealkylation sites (tertiary alicyclic amines) is 1. The molecular formula is C39H72N6O9. The number of hydrogen-bond acceptors (Lipinski definition) is 10. The maximum absolute atomic E-state index is 14.2. The molecule has 1 aromatic heterocycles. The minimum Gasteiger partial charge on any atom is -0.497 e. The third-order valence-electron chi connectivity index (χ3n) is 8.58. The number of aromatic nitrogens is 1. The summed E-state index contributed by atoms with van der Waals surface area (Å²) >= 11 is 0. The molecule has 0 unspecified atom stereocenters. The molecule has 0 radical (unpaired) electrons. The second kappa shape index (κ2) is 19.7. The van der Waals surface area contributed by atoms with E-state index in [1.54, 1.807) is 58.4 Å². The van der Waals surface area contributed by atoms with E-state index in [-0.39, 0.29) is 30.1 Å². The van der Waals surface area contributed by atoms with Crippen LogP contribution in [0, 0.1) is 11.3 Å². The molecule has 0 bridgehead atoms. The molecule has 2 aromatic rings. The number of aliphatic hydroxyl groups excluding tert-OH is 1. The summed E-state index contributed by atoms with van der Waals surface area (Å²) in [6.07, 6.45) is 2.31. The van der Waals surface area contributed by atoms with E-state index in [1.165, 1.54) is 4.90 Å². The number of nitrogens with zero attached hydrogens (tertiary/aromatic N) is 2. The minimum atomic E-state index is -1.26. The Labute approximate surface area is 326 Å². The number of rotatable bonds is 11. The highest BCUT2D eigenvalue weighted by Gasteiger charge is 2.60. The number of primary amides is 1. The van der Waals surface area contributed by atoms with Crippen molar-refractivity contribution in [3.63, 3.8) is 0 Å². The van der Waals surface area contributed by atoms with Crippen LogP contribution < -0.4 is 31.2 Å². The quantitative estimate of drug-likeness (QED) is 0.204. The lowest BCUT2D eigenvalue weighted by molar-refractivity contribution is -0.143. The molecule has 4 amide bonds. The largest absolute Gasteiger partial charge is 0.497 e. The molecule has 2 heterocycles. The average Bonchev–Trinajstić information content (AvgIpc) is 3.62. The molecule has 5 atom stereocenters. The van der Waals surface area contributed by atoms with Crippen molar-refractivity contribution in [2.24, 2.45) is 17.1 Å². The van der Waals surface area contributed by atoms with E-state index < -0.39 is 58.6 Å². The lowest BCUT2D eigenvalue weighted by Gasteiger charge is -2.36. The van der Waals surface area contributed by atoms with Gasteiger partial charge in [-0.05, 0) is 50.8 Å². The van der Waals surface area contributed by atoms with E-state index in [2.05, 4.69) is 55.2 Å². The van der Waals surface area contributed by atoms with Crippen LogP contribution >= 0.6 is 0 Å². The number of ether oxygens (including phenoxy) is 3. The highest BCUT2D eigenvalue weighted by Crippen LogP contribution is 2.44. The number of nitrogens with one attached hydrogen (secondary N) is 3. The fourth-order valence-electron chi connectivity index (χ4n) is 6.16.